The zero-order valence-electron chi connectivity index (χ0n) is 17.0. The molecule has 0 amide bonds. The smallest absolute Gasteiger partial charge is 0.191 e. The summed E-state index contributed by atoms with van der Waals surface area (Å²) < 4.78 is 5.54. The minimum atomic E-state index is 0.511. The van der Waals surface area contributed by atoms with Crippen LogP contribution in [0.5, 0.6) is 0 Å². The van der Waals surface area contributed by atoms with Gasteiger partial charge in [0.15, 0.2) is 5.96 Å². The van der Waals surface area contributed by atoms with Gasteiger partial charge in [-0.15, -0.1) is 11.3 Å². The highest BCUT2D eigenvalue weighted by atomic mass is 32.1. The molecule has 1 aliphatic rings. The van der Waals surface area contributed by atoms with Crippen molar-refractivity contribution < 1.29 is 4.74 Å². The van der Waals surface area contributed by atoms with Gasteiger partial charge in [-0.1, -0.05) is 26.7 Å². The van der Waals surface area contributed by atoms with Gasteiger partial charge in [-0.05, 0) is 19.8 Å². The normalized spacial score (nSPS) is 17.5. The zero-order chi connectivity index (χ0) is 18.9. The summed E-state index contributed by atoms with van der Waals surface area (Å²) in [6, 6.07) is 0.511. The lowest BCUT2D eigenvalue weighted by Gasteiger charge is -2.39. The van der Waals surface area contributed by atoms with Crippen molar-refractivity contribution in [3.63, 3.8) is 0 Å². The van der Waals surface area contributed by atoms with Gasteiger partial charge >= 0.3 is 0 Å². The van der Waals surface area contributed by atoms with E-state index < -0.39 is 0 Å². The highest BCUT2D eigenvalue weighted by Gasteiger charge is 2.27. The first-order chi connectivity index (χ1) is 12.6. The molecule has 7 heteroatoms. The molecule has 2 heterocycles. The molecular weight excluding hydrogens is 346 g/mol. The van der Waals surface area contributed by atoms with E-state index in [2.05, 4.69) is 53.2 Å². The van der Waals surface area contributed by atoms with Crippen LogP contribution in [-0.4, -0.2) is 61.8 Å². The number of nitrogens with zero attached hydrogens (tertiary/aromatic N) is 3. The monoisotopic (exact) mass is 381 g/mol. The van der Waals surface area contributed by atoms with Crippen LogP contribution in [0.2, 0.25) is 0 Å². The molecule has 1 aliphatic heterocycles. The van der Waals surface area contributed by atoms with Crippen molar-refractivity contribution in [2.24, 2.45) is 10.9 Å². The van der Waals surface area contributed by atoms with Crippen molar-refractivity contribution in [3.05, 3.63) is 15.6 Å². The fourth-order valence-corrected chi connectivity index (χ4v) is 4.41. The number of aromatic nitrogens is 1. The van der Waals surface area contributed by atoms with Crippen LogP contribution < -0.4 is 10.6 Å². The number of aliphatic imine (C=N–C) groups is 1. The van der Waals surface area contributed by atoms with E-state index in [1.807, 2.05) is 7.05 Å². The van der Waals surface area contributed by atoms with E-state index in [0.717, 1.165) is 49.5 Å². The fourth-order valence-electron chi connectivity index (χ4n) is 3.53. The Kier molecular flexibility index (Phi) is 8.81. The molecule has 1 saturated heterocycles. The van der Waals surface area contributed by atoms with Gasteiger partial charge in [-0.25, -0.2) is 4.98 Å². The Balaban J connectivity index is 1.91. The lowest BCUT2D eigenvalue weighted by atomic mass is 9.92. The summed E-state index contributed by atoms with van der Waals surface area (Å²) in [6.45, 7) is 14.1. The van der Waals surface area contributed by atoms with Crippen LogP contribution in [-0.2, 0) is 11.3 Å². The van der Waals surface area contributed by atoms with Crippen LogP contribution in [0.3, 0.4) is 0 Å². The van der Waals surface area contributed by atoms with Gasteiger partial charge in [0.1, 0.15) is 5.01 Å². The Labute approximate surface area is 162 Å². The molecule has 2 N–H and O–H groups in total. The molecule has 1 aromatic heterocycles. The number of aryl methyl sites for hydroxylation is 2. The molecule has 1 atom stereocenters. The number of guanidine groups is 1. The van der Waals surface area contributed by atoms with E-state index in [1.54, 1.807) is 11.3 Å². The molecule has 1 fully saturated rings. The lowest BCUT2D eigenvalue weighted by molar-refractivity contribution is 0.00272. The quantitative estimate of drug-likeness (QED) is 0.535. The summed E-state index contributed by atoms with van der Waals surface area (Å²) in [6.07, 6.45) is 2.40. The SMILES string of the molecule is CCC(CC)C(CNC(=NC)NCc1nc(C)c(C)s1)N1CCOCC1. The first kappa shape index (κ1) is 21.1. The van der Waals surface area contributed by atoms with E-state index in [-0.39, 0.29) is 0 Å². The van der Waals surface area contributed by atoms with Gasteiger partial charge in [0.25, 0.3) is 0 Å². The molecule has 0 aliphatic carbocycles. The van der Waals surface area contributed by atoms with Crippen LogP contribution in [0.1, 0.15) is 42.3 Å². The van der Waals surface area contributed by atoms with E-state index in [4.69, 9.17) is 4.74 Å². The first-order valence-corrected chi connectivity index (χ1v) is 10.6. The van der Waals surface area contributed by atoms with Crippen LogP contribution in [0.25, 0.3) is 0 Å². The van der Waals surface area contributed by atoms with Crippen molar-refractivity contribution in [3.8, 4) is 0 Å². The van der Waals surface area contributed by atoms with Gasteiger partial charge in [-0.3, -0.25) is 9.89 Å². The summed E-state index contributed by atoms with van der Waals surface area (Å²) in [5.74, 6) is 1.53. The minimum Gasteiger partial charge on any atom is -0.379 e. The second-order valence-corrected chi connectivity index (χ2v) is 8.14. The third kappa shape index (κ3) is 5.93. The van der Waals surface area contributed by atoms with Crippen LogP contribution in [0.4, 0.5) is 0 Å². The van der Waals surface area contributed by atoms with E-state index in [9.17, 15) is 0 Å². The Bertz CT molecular complexity index is 545. The Morgan fingerprint density at radius 2 is 1.92 bits per heavy atom. The summed E-state index contributed by atoms with van der Waals surface area (Å²) in [5.41, 5.74) is 1.12. The molecule has 0 aromatic carbocycles. The summed E-state index contributed by atoms with van der Waals surface area (Å²) in [5, 5.41) is 8.05. The number of thiazole rings is 1. The molecule has 2 rings (SSSR count). The van der Waals surface area contributed by atoms with Crippen molar-refractivity contribution in [2.45, 2.75) is 53.1 Å². The summed E-state index contributed by atoms with van der Waals surface area (Å²) in [7, 11) is 1.83. The number of rotatable bonds is 8. The predicted octanol–water partition coefficient (Wildman–Crippen LogP) is 2.56. The number of ether oxygens (including phenoxy) is 1. The van der Waals surface area contributed by atoms with Gasteiger partial charge in [0, 0.05) is 37.6 Å². The maximum atomic E-state index is 5.54. The average molecular weight is 382 g/mol. The van der Waals surface area contributed by atoms with E-state index in [0.29, 0.717) is 18.5 Å². The number of hydrogen-bond acceptors (Lipinski definition) is 5. The van der Waals surface area contributed by atoms with Crippen molar-refractivity contribution in [1.82, 2.24) is 20.5 Å². The van der Waals surface area contributed by atoms with Crippen molar-refractivity contribution in [2.75, 3.05) is 39.9 Å². The predicted molar refractivity (Wildman–Crippen MR) is 110 cm³/mol. The third-order valence-electron chi connectivity index (χ3n) is 5.29. The highest BCUT2D eigenvalue weighted by molar-refractivity contribution is 7.11. The van der Waals surface area contributed by atoms with Gasteiger partial charge in [0.2, 0.25) is 0 Å². The van der Waals surface area contributed by atoms with E-state index in [1.165, 1.54) is 17.7 Å². The topological polar surface area (TPSA) is 61.8 Å². The maximum absolute atomic E-state index is 5.54. The molecule has 26 heavy (non-hydrogen) atoms. The van der Waals surface area contributed by atoms with Crippen LogP contribution >= 0.6 is 11.3 Å². The van der Waals surface area contributed by atoms with Crippen molar-refractivity contribution >= 4 is 17.3 Å². The molecule has 0 bridgehead atoms. The number of hydrogen-bond donors (Lipinski definition) is 2. The molecule has 1 aromatic rings. The van der Waals surface area contributed by atoms with E-state index >= 15 is 0 Å². The molecule has 0 radical (unpaired) electrons. The summed E-state index contributed by atoms with van der Waals surface area (Å²) in [4.78, 5) is 12.8. The zero-order valence-corrected chi connectivity index (χ0v) is 17.8. The molecular formula is C19H35N5OS. The highest BCUT2D eigenvalue weighted by Crippen LogP contribution is 2.19. The second-order valence-electron chi connectivity index (χ2n) is 6.85. The first-order valence-electron chi connectivity index (χ1n) is 9.78. The average Bonchev–Trinajstić information content (AvgIpc) is 2.99. The van der Waals surface area contributed by atoms with Gasteiger partial charge in [0.05, 0.1) is 25.5 Å². The summed E-state index contributed by atoms with van der Waals surface area (Å²) >= 11 is 1.75. The Hall–Kier alpha value is -1.18. The number of nitrogens with one attached hydrogen (secondary N) is 2. The molecule has 6 nitrogen and oxygen atoms in total. The minimum absolute atomic E-state index is 0.511. The third-order valence-corrected chi connectivity index (χ3v) is 6.36. The standard InChI is InChI=1S/C19H35N5OS/c1-6-16(7-2)17(24-8-10-25-11-9-24)12-21-19(20-5)22-13-18-23-14(3)15(4)26-18/h16-17H,6-13H2,1-5H3,(H2,20,21,22). The van der Waals surface area contributed by atoms with Crippen LogP contribution in [0.15, 0.2) is 4.99 Å². The molecule has 148 valence electrons. The van der Waals surface area contributed by atoms with Crippen molar-refractivity contribution in [1.29, 1.82) is 0 Å². The molecule has 0 saturated carbocycles. The fraction of sp³-hybridized carbons (Fsp3) is 0.789. The lowest BCUT2D eigenvalue weighted by Crippen LogP contribution is -2.53. The largest absolute Gasteiger partial charge is 0.379 e. The molecule has 1 unspecified atom stereocenters. The van der Waals surface area contributed by atoms with Crippen LogP contribution in [0, 0.1) is 19.8 Å². The Morgan fingerprint density at radius 3 is 2.46 bits per heavy atom. The number of morpholine rings is 1. The molecule has 0 spiro atoms. The maximum Gasteiger partial charge on any atom is 0.191 e. The Morgan fingerprint density at radius 1 is 1.23 bits per heavy atom. The second kappa shape index (κ2) is 10.8. The van der Waals surface area contributed by atoms with Gasteiger partial charge in [-0.2, -0.15) is 0 Å². The van der Waals surface area contributed by atoms with Gasteiger partial charge < -0.3 is 15.4 Å².